The quantitative estimate of drug-likeness (QED) is 0.413. The third-order valence-electron chi connectivity index (χ3n) is 2.45. The van der Waals surface area contributed by atoms with Crippen molar-refractivity contribution in [1.82, 2.24) is 10.2 Å². The molecule has 0 aromatic heterocycles. The highest BCUT2D eigenvalue weighted by molar-refractivity contribution is 5.84. The molecule has 0 aromatic carbocycles. The van der Waals surface area contributed by atoms with E-state index in [0.29, 0.717) is 19.6 Å². The summed E-state index contributed by atoms with van der Waals surface area (Å²) in [5.41, 5.74) is 5.02. The Kier molecular flexibility index (Phi) is 8.47. The fourth-order valence-electron chi connectivity index (χ4n) is 1.45. The fraction of sp³-hybridized carbons (Fsp3) is 0.727. The molecule has 0 fully saturated rings. The predicted molar refractivity (Wildman–Crippen MR) is 67.4 cm³/mol. The van der Waals surface area contributed by atoms with Gasteiger partial charge in [-0.05, 0) is 13.3 Å². The number of amides is 2. The first-order valence-electron chi connectivity index (χ1n) is 5.89. The number of aliphatic carboxylic acids is 1. The van der Waals surface area contributed by atoms with Crippen molar-refractivity contribution in [3.63, 3.8) is 0 Å². The average Bonchev–Trinajstić information content (AvgIpc) is 2.31. The van der Waals surface area contributed by atoms with Gasteiger partial charge in [0, 0.05) is 20.3 Å². The molecule has 1 atom stereocenters. The smallest absolute Gasteiger partial charge is 0.317 e. The number of primary amides is 1. The molecule has 19 heavy (non-hydrogen) atoms. The van der Waals surface area contributed by atoms with Gasteiger partial charge in [-0.1, -0.05) is 0 Å². The molecule has 110 valence electrons. The first-order valence-corrected chi connectivity index (χ1v) is 5.89. The molecule has 1 unspecified atom stereocenters. The van der Waals surface area contributed by atoms with Crippen molar-refractivity contribution in [1.29, 1.82) is 0 Å². The normalized spacial score (nSPS) is 12.2. The highest BCUT2D eigenvalue weighted by Gasteiger charge is 2.24. The number of carboxylic acids is 1. The second-order valence-electron chi connectivity index (χ2n) is 4.08. The predicted octanol–water partition coefficient (Wildman–Crippen LogP) is -1.60. The van der Waals surface area contributed by atoms with Gasteiger partial charge in [0.15, 0.2) is 0 Å². The number of carbonyl (C=O) groups is 3. The van der Waals surface area contributed by atoms with E-state index in [0.717, 1.165) is 0 Å². The summed E-state index contributed by atoms with van der Waals surface area (Å²) in [5, 5.41) is 11.4. The van der Waals surface area contributed by atoms with Gasteiger partial charge in [-0.15, -0.1) is 0 Å². The topological polar surface area (TPSA) is 122 Å². The molecule has 4 N–H and O–H groups in total. The second-order valence-corrected chi connectivity index (χ2v) is 4.08. The van der Waals surface area contributed by atoms with Crippen molar-refractivity contribution >= 4 is 17.8 Å². The minimum absolute atomic E-state index is 0.279. The highest BCUT2D eigenvalue weighted by atomic mass is 16.5. The van der Waals surface area contributed by atoms with Crippen LogP contribution in [0.25, 0.3) is 0 Å². The van der Waals surface area contributed by atoms with Crippen molar-refractivity contribution < 1.29 is 24.2 Å². The molecule has 0 radical (unpaired) electrons. The van der Waals surface area contributed by atoms with Crippen molar-refractivity contribution in [3.05, 3.63) is 0 Å². The van der Waals surface area contributed by atoms with Crippen LogP contribution in [0.15, 0.2) is 0 Å². The van der Waals surface area contributed by atoms with Gasteiger partial charge in [-0.2, -0.15) is 0 Å². The number of carboxylic acid groups (broad SMARTS) is 1. The van der Waals surface area contributed by atoms with E-state index in [2.05, 4.69) is 5.32 Å². The Bertz CT molecular complexity index is 305. The van der Waals surface area contributed by atoms with Crippen LogP contribution in [0.2, 0.25) is 0 Å². The molecule has 8 nitrogen and oxygen atoms in total. The van der Waals surface area contributed by atoms with Crippen molar-refractivity contribution in [3.8, 4) is 0 Å². The third-order valence-corrected chi connectivity index (χ3v) is 2.45. The molecule has 0 aliphatic carbocycles. The maximum absolute atomic E-state index is 11.8. The molecule has 0 spiro atoms. The monoisotopic (exact) mass is 275 g/mol. The van der Waals surface area contributed by atoms with Crippen LogP contribution in [0.5, 0.6) is 0 Å². The number of nitrogens with zero attached hydrogens (tertiary/aromatic N) is 1. The average molecular weight is 275 g/mol. The molecule has 0 aromatic rings. The molecule has 0 rings (SSSR count). The van der Waals surface area contributed by atoms with Crippen LogP contribution in [0.3, 0.4) is 0 Å². The SMILES string of the molecule is COCCCNC(=O)C(C)N(CC(N)=O)CC(=O)O. The van der Waals surface area contributed by atoms with Crippen LogP contribution >= 0.6 is 0 Å². The van der Waals surface area contributed by atoms with E-state index in [-0.39, 0.29) is 12.5 Å². The lowest BCUT2D eigenvalue weighted by molar-refractivity contribution is -0.140. The first kappa shape index (κ1) is 17.3. The maximum atomic E-state index is 11.8. The lowest BCUT2D eigenvalue weighted by atomic mass is 10.2. The number of rotatable bonds is 10. The summed E-state index contributed by atoms with van der Waals surface area (Å²) >= 11 is 0. The second kappa shape index (κ2) is 9.29. The van der Waals surface area contributed by atoms with Crippen LogP contribution in [-0.4, -0.2) is 67.2 Å². The van der Waals surface area contributed by atoms with E-state index in [9.17, 15) is 14.4 Å². The summed E-state index contributed by atoms with van der Waals surface area (Å²) in [5.74, 6) is -2.15. The van der Waals surface area contributed by atoms with Crippen molar-refractivity contribution in [2.45, 2.75) is 19.4 Å². The first-order chi connectivity index (χ1) is 8.88. The zero-order valence-electron chi connectivity index (χ0n) is 11.2. The van der Waals surface area contributed by atoms with E-state index < -0.39 is 24.5 Å². The zero-order chi connectivity index (χ0) is 14.8. The minimum Gasteiger partial charge on any atom is -0.480 e. The largest absolute Gasteiger partial charge is 0.480 e. The Balaban J connectivity index is 4.34. The Morgan fingerprint density at radius 2 is 2.00 bits per heavy atom. The van der Waals surface area contributed by atoms with Gasteiger partial charge in [0.05, 0.1) is 19.1 Å². The molecule has 8 heteroatoms. The minimum atomic E-state index is -1.12. The summed E-state index contributed by atoms with van der Waals surface area (Å²) in [6.07, 6.45) is 0.656. The summed E-state index contributed by atoms with van der Waals surface area (Å²) in [4.78, 5) is 34.5. The summed E-state index contributed by atoms with van der Waals surface area (Å²) in [7, 11) is 1.56. The number of ether oxygens (including phenoxy) is 1. The lowest BCUT2D eigenvalue weighted by Crippen LogP contribution is -2.50. The van der Waals surface area contributed by atoms with Gasteiger partial charge < -0.3 is 20.9 Å². The van der Waals surface area contributed by atoms with E-state index in [4.69, 9.17) is 15.6 Å². The fourth-order valence-corrected chi connectivity index (χ4v) is 1.45. The summed E-state index contributed by atoms with van der Waals surface area (Å²) in [6.45, 7) is 1.77. The van der Waals surface area contributed by atoms with Gasteiger partial charge in [0.2, 0.25) is 11.8 Å². The van der Waals surface area contributed by atoms with Gasteiger partial charge in [-0.25, -0.2) is 0 Å². The number of nitrogens with one attached hydrogen (secondary N) is 1. The van der Waals surface area contributed by atoms with E-state index >= 15 is 0 Å². The number of methoxy groups -OCH3 is 1. The summed E-state index contributed by atoms with van der Waals surface area (Å²) < 4.78 is 4.84. The molecule has 0 aliphatic heterocycles. The van der Waals surface area contributed by atoms with Gasteiger partial charge in [0.1, 0.15) is 0 Å². The van der Waals surface area contributed by atoms with Crippen LogP contribution in [0.4, 0.5) is 0 Å². The van der Waals surface area contributed by atoms with Crippen LogP contribution < -0.4 is 11.1 Å². The van der Waals surface area contributed by atoms with Crippen molar-refractivity contribution in [2.24, 2.45) is 5.73 Å². The van der Waals surface area contributed by atoms with Gasteiger partial charge in [0.25, 0.3) is 0 Å². The van der Waals surface area contributed by atoms with Crippen LogP contribution in [0.1, 0.15) is 13.3 Å². The van der Waals surface area contributed by atoms with Crippen LogP contribution in [0, 0.1) is 0 Å². The zero-order valence-corrected chi connectivity index (χ0v) is 11.2. The molecular formula is C11H21N3O5. The Labute approximate surface area is 111 Å². The third kappa shape index (κ3) is 8.11. The molecule has 2 amide bonds. The van der Waals surface area contributed by atoms with E-state index in [1.165, 1.54) is 11.8 Å². The van der Waals surface area contributed by atoms with Gasteiger partial charge >= 0.3 is 5.97 Å². The Morgan fingerprint density at radius 1 is 1.37 bits per heavy atom. The summed E-state index contributed by atoms with van der Waals surface area (Å²) in [6, 6.07) is -0.744. The molecular weight excluding hydrogens is 254 g/mol. The lowest BCUT2D eigenvalue weighted by Gasteiger charge is -2.25. The van der Waals surface area contributed by atoms with Crippen molar-refractivity contribution in [2.75, 3.05) is 33.4 Å². The van der Waals surface area contributed by atoms with Gasteiger partial charge in [-0.3, -0.25) is 19.3 Å². The molecule has 0 heterocycles. The standard InChI is InChI=1S/C11H21N3O5/c1-8(11(18)13-4-3-5-19-2)14(6-9(12)15)7-10(16)17/h8H,3-7H2,1-2H3,(H2,12,15)(H,13,18)(H,16,17). The van der Waals surface area contributed by atoms with E-state index in [1.54, 1.807) is 7.11 Å². The Morgan fingerprint density at radius 3 is 2.47 bits per heavy atom. The molecule has 0 saturated heterocycles. The van der Waals surface area contributed by atoms with Crippen LogP contribution in [-0.2, 0) is 19.1 Å². The number of hydrogen-bond acceptors (Lipinski definition) is 5. The number of carbonyl (C=O) groups excluding carboxylic acids is 2. The maximum Gasteiger partial charge on any atom is 0.317 e. The van der Waals surface area contributed by atoms with E-state index in [1.807, 2.05) is 0 Å². The number of hydrogen-bond donors (Lipinski definition) is 3. The highest BCUT2D eigenvalue weighted by Crippen LogP contribution is 1.99. The molecule has 0 aliphatic rings. The molecule has 0 saturated carbocycles. The number of nitrogens with two attached hydrogens (primary N) is 1. The Hall–Kier alpha value is -1.67. The molecule has 0 bridgehead atoms.